The second-order valence-corrected chi connectivity index (χ2v) is 9.54. The van der Waals surface area contributed by atoms with E-state index in [4.69, 9.17) is 0 Å². The molecule has 0 unspecified atom stereocenters. The highest BCUT2D eigenvalue weighted by molar-refractivity contribution is 5.50. The number of hydrogen-bond donors (Lipinski definition) is 0. The van der Waals surface area contributed by atoms with Crippen LogP contribution in [-0.2, 0) is 6.42 Å². The molecule has 0 radical (unpaired) electrons. The van der Waals surface area contributed by atoms with Gasteiger partial charge in [0.2, 0.25) is 0 Å². The Morgan fingerprint density at radius 3 is 1.94 bits per heavy atom. The highest BCUT2D eigenvalue weighted by Crippen LogP contribution is 2.30. The van der Waals surface area contributed by atoms with E-state index >= 15 is 0 Å². The van der Waals surface area contributed by atoms with E-state index in [0.29, 0.717) is 5.56 Å². The van der Waals surface area contributed by atoms with Crippen molar-refractivity contribution in [3.05, 3.63) is 105 Å². The van der Waals surface area contributed by atoms with Crippen LogP contribution in [0, 0.1) is 55.2 Å². The Morgan fingerprint density at radius 1 is 0.727 bits per heavy atom. The van der Waals surface area contributed by atoms with E-state index in [9.17, 15) is 4.39 Å². The quantitative estimate of drug-likeness (QED) is 0.364. The lowest BCUT2D eigenvalue weighted by Crippen LogP contribution is -2.14. The van der Waals surface area contributed by atoms with Crippen molar-refractivity contribution >= 4 is 0 Å². The summed E-state index contributed by atoms with van der Waals surface area (Å²) in [5, 5.41) is 0. The fourth-order valence-corrected chi connectivity index (χ4v) is 4.50. The zero-order chi connectivity index (χ0) is 23.2. The Bertz CT molecular complexity index is 1230. The monoisotopic (exact) mass is 434 g/mol. The zero-order valence-electron chi connectivity index (χ0n) is 19.8. The number of halogens is 1. The van der Waals surface area contributed by atoms with Crippen molar-refractivity contribution in [1.82, 2.24) is 0 Å². The molecule has 0 bridgehead atoms. The second-order valence-electron chi connectivity index (χ2n) is 9.54. The Hall–Kier alpha value is -3.29. The summed E-state index contributed by atoms with van der Waals surface area (Å²) in [5.74, 6) is 14.0. The van der Waals surface area contributed by atoms with Gasteiger partial charge in [-0.15, -0.1) is 0 Å². The average Bonchev–Trinajstić information content (AvgIpc) is 2.80. The molecule has 0 N–H and O–H groups in total. The summed E-state index contributed by atoms with van der Waals surface area (Å²) in [6.07, 6.45) is 6.67. The zero-order valence-corrected chi connectivity index (χ0v) is 19.8. The number of benzene rings is 3. The summed E-state index contributed by atoms with van der Waals surface area (Å²) in [6.45, 7) is 6.40. The van der Waals surface area contributed by atoms with E-state index < -0.39 is 0 Å². The molecule has 1 aliphatic carbocycles. The second kappa shape index (κ2) is 10.6. The van der Waals surface area contributed by atoms with Crippen molar-refractivity contribution in [3.8, 4) is 23.7 Å². The van der Waals surface area contributed by atoms with E-state index in [1.54, 1.807) is 6.07 Å². The van der Waals surface area contributed by atoms with Gasteiger partial charge >= 0.3 is 0 Å². The molecule has 0 aromatic heterocycles. The van der Waals surface area contributed by atoms with E-state index in [0.717, 1.165) is 34.1 Å². The number of aryl methyl sites for hydroxylation is 2. The predicted octanol–water partition coefficient (Wildman–Crippen LogP) is 7.61. The van der Waals surface area contributed by atoms with Gasteiger partial charge in [0.05, 0.1) is 5.56 Å². The van der Waals surface area contributed by atoms with E-state index in [-0.39, 0.29) is 5.82 Å². The van der Waals surface area contributed by atoms with E-state index in [1.807, 2.05) is 37.3 Å². The molecular weight excluding hydrogens is 403 g/mol. The lowest BCUT2D eigenvalue weighted by atomic mass is 9.80. The molecule has 4 rings (SSSR count). The molecule has 1 heteroatoms. The molecule has 3 aromatic carbocycles. The third-order valence-corrected chi connectivity index (χ3v) is 6.64. The number of hydrogen-bond acceptors (Lipinski definition) is 0. The molecule has 0 nitrogen and oxygen atoms in total. The molecule has 0 saturated heterocycles. The molecule has 1 fully saturated rings. The van der Waals surface area contributed by atoms with Crippen LogP contribution in [-0.4, -0.2) is 0 Å². The summed E-state index contributed by atoms with van der Waals surface area (Å²) in [6, 6.07) is 19.6. The fourth-order valence-electron chi connectivity index (χ4n) is 4.50. The lowest BCUT2D eigenvalue weighted by molar-refractivity contribution is 0.289. The van der Waals surface area contributed by atoms with Crippen LogP contribution in [0.1, 0.15) is 71.6 Å². The van der Waals surface area contributed by atoms with E-state index in [2.05, 4.69) is 55.7 Å². The van der Waals surface area contributed by atoms with Crippen molar-refractivity contribution in [3.63, 3.8) is 0 Å². The summed E-state index contributed by atoms with van der Waals surface area (Å²) in [5.41, 5.74) is 6.86. The first kappa shape index (κ1) is 22.9. The van der Waals surface area contributed by atoms with Crippen LogP contribution >= 0.6 is 0 Å². The SMILES string of the molecule is Cc1ccc(C#Cc2ccc(C#Cc3ccc(CC4CCC(C)CC4)cc3C)cc2)c(F)c1. The van der Waals surface area contributed by atoms with Crippen LogP contribution in [0.3, 0.4) is 0 Å². The van der Waals surface area contributed by atoms with Gasteiger partial charge in [0, 0.05) is 16.7 Å². The largest absolute Gasteiger partial charge is 0.206 e. The third-order valence-electron chi connectivity index (χ3n) is 6.64. The Morgan fingerprint density at radius 2 is 1.33 bits per heavy atom. The summed E-state index contributed by atoms with van der Waals surface area (Å²) in [7, 11) is 0. The lowest BCUT2D eigenvalue weighted by Gasteiger charge is -2.26. The molecule has 0 amide bonds. The van der Waals surface area contributed by atoms with E-state index in [1.165, 1.54) is 49.3 Å². The highest BCUT2D eigenvalue weighted by Gasteiger charge is 2.18. The van der Waals surface area contributed by atoms with Gasteiger partial charge in [0.25, 0.3) is 0 Å². The molecule has 0 heterocycles. The minimum absolute atomic E-state index is 0.278. The predicted molar refractivity (Wildman–Crippen MR) is 136 cm³/mol. The van der Waals surface area contributed by atoms with Gasteiger partial charge in [-0.25, -0.2) is 4.39 Å². The smallest absolute Gasteiger partial charge is 0.139 e. The normalized spacial score (nSPS) is 17.5. The topological polar surface area (TPSA) is 0 Å². The van der Waals surface area contributed by atoms with Crippen LogP contribution in [0.2, 0.25) is 0 Å². The molecule has 166 valence electrons. The van der Waals surface area contributed by atoms with Crippen molar-refractivity contribution in [1.29, 1.82) is 0 Å². The average molecular weight is 435 g/mol. The Kier molecular flexibility index (Phi) is 7.32. The standard InChI is InChI=1S/C32H31F/c1-23-4-7-28(8-5-23)22-29-15-18-30(25(3)21-29)17-13-26-9-11-27(12-10-26)14-19-31-16-6-24(2)20-32(31)33/h6,9-12,15-16,18,20-21,23,28H,4-5,7-8,22H2,1-3H3. The van der Waals surface area contributed by atoms with Gasteiger partial charge in [0.15, 0.2) is 0 Å². The van der Waals surface area contributed by atoms with Gasteiger partial charge in [-0.2, -0.15) is 0 Å². The molecule has 0 atom stereocenters. The molecule has 3 aromatic rings. The fraction of sp³-hybridized carbons (Fsp3) is 0.312. The van der Waals surface area contributed by atoms with Gasteiger partial charge in [-0.3, -0.25) is 0 Å². The maximum Gasteiger partial charge on any atom is 0.139 e. The molecule has 0 aliphatic heterocycles. The van der Waals surface area contributed by atoms with Crippen molar-refractivity contribution in [2.45, 2.75) is 52.9 Å². The molecule has 33 heavy (non-hydrogen) atoms. The third kappa shape index (κ3) is 6.37. The van der Waals surface area contributed by atoms with Crippen molar-refractivity contribution < 1.29 is 4.39 Å². The molecule has 1 saturated carbocycles. The maximum absolute atomic E-state index is 13.9. The van der Waals surface area contributed by atoms with Crippen LogP contribution in [0.15, 0.2) is 60.7 Å². The molecular formula is C32H31F. The van der Waals surface area contributed by atoms with Crippen LogP contribution in [0.4, 0.5) is 4.39 Å². The van der Waals surface area contributed by atoms with Crippen molar-refractivity contribution in [2.75, 3.05) is 0 Å². The van der Waals surface area contributed by atoms with Crippen molar-refractivity contribution in [2.24, 2.45) is 11.8 Å². The van der Waals surface area contributed by atoms with Gasteiger partial charge in [-0.05, 0) is 104 Å². The summed E-state index contributed by atoms with van der Waals surface area (Å²) >= 11 is 0. The Balaban J connectivity index is 1.40. The van der Waals surface area contributed by atoms with Gasteiger partial charge < -0.3 is 0 Å². The van der Waals surface area contributed by atoms with Gasteiger partial charge in [0.1, 0.15) is 5.82 Å². The highest BCUT2D eigenvalue weighted by atomic mass is 19.1. The maximum atomic E-state index is 13.9. The number of rotatable bonds is 2. The van der Waals surface area contributed by atoms with Crippen LogP contribution in [0.25, 0.3) is 0 Å². The summed E-state index contributed by atoms with van der Waals surface area (Å²) < 4.78 is 13.9. The minimum Gasteiger partial charge on any atom is -0.206 e. The first-order valence-corrected chi connectivity index (χ1v) is 12.0. The first-order chi connectivity index (χ1) is 16.0. The first-order valence-electron chi connectivity index (χ1n) is 12.0. The Labute approximate surface area is 198 Å². The minimum atomic E-state index is -0.278. The molecule has 1 aliphatic rings. The van der Waals surface area contributed by atoms with Crippen LogP contribution < -0.4 is 0 Å². The van der Waals surface area contributed by atoms with Gasteiger partial charge in [-0.1, -0.05) is 61.6 Å². The summed E-state index contributed by atoms with van der Waals surface area (Å²) in [4.78, 5) is 0. The molecule has 0 spiro atoms. The van der Waals surface area contributed by atoms with Crippen LogP contribution in [0.5, 0.6) is 0 Å².